The van der Waals surface area contributed by atoms with Gasteiger partial charge in [0.1, 0.15) is 10.3 Å². The van der Waals surface area contributed by atoms with Crippen LogP contribution in [-0.4, -0.2) is 37.8 Å². The highest BCUT2D eigenvalue weighted by Crippen LogP contribution is 2.28. The first kappa shape index (κ1) is 14.5. The zero-order valence-corrected chi connectivity index (χ0v) is 12.5. The number of sulfonamides is 1. The van der Waals surface area contributed by atoms with Crippen molar-refractivity contribution in [2.75, 3.05) is 13.1 Å². The van der Waals surface area contributed by atoms with Gasteiger partial charge in [-0.15, -0.1) is 11.3 Å². The van der Waals surface area contributed by atoms with Crippen molar-refractivity contribution < 1.29 is 13.2 Å². The maximum absolute atomic E-state index is 12.4. The van der Waals surface area contributed by atoms with E-state index >= 15 is 0 Å². The minimum atomic E-state index is -3.52. The molecule has 1 fully saturated rings. The monoisotopic (exact) mass is 302 g/mol. The summed E-state index contributed by atoms with van der Waals surface area (Å²) in [4.78, 5) is 12.0. The number of thiophene rings is 1. The van der Waals surface area contributed by atoms with Gasteiger partial charge < -0.3 is 5.32 Å². The number of carbonyl (C=O) groups excluding carboxylic acids is 1. The van der Waals surface area contributed by atoms with Gasteiger partial charge in [-0.2, -0.15) is 4.31 Å². The summed E-state index contributed by atoms with van der Waals surface area (Å²) >= 11 is 1.19. The van der Waals surface area contributed by atoms with Gasteiger partial charge in [-0.25, -0.2) is 8.42 Å². The molecule has 1 aromatic heterocycles. The third-order valence-electron chi connectivity index (χ3n) is 3.11. The van der Waals surface area contributed by atoms with Crippen LogP contribution in [0.15, 0.2) is 21.7 Å². The highest BCUT2D eigenvalue weighted by Gasteiger charge is 2.39. The number of hydrogen-bond donors (Lipinski definition) is 1. The van der Waals surface area contributed by atoms with Crippen molar-refractivity contribution >= 4 is 27.3 Å². The van der Waals surface area contributed by atoms with Crippen molar-refractivity contribution in [1.29, 1.82) is 0 Å². The van der Waals surface area contributed by atoms with Crippen LogP contribution in [-0.2, 0) is 14.8 Å². The molecule has 0 aromatic carbocycles. The molecule has 19 heavy (non-hydrogen) atoms. The molecular weight excluding hydrogens is 284 g/mol. The maximum Gasteiger partial charge on any atom is 0.253 e. The number of nitrogens with zero attached hydrogens (tertiary/aromatic N) is 1. The topological polar surface area (TPSA) is 66.5 Å². The lowest BCUT2D eigenvalue weighted by Crippen LogP contribution is -2.45. The quantitative estimate of drug-likeness (QED) is 0.894. The molecule has 1 unspecified atom stereocenters. The number of carbonyl (C=O) groups is 1. The Kier molecular flexibility index (Phi) is 4.59. The third-order valence-corrected chi connectivity index (χ3v) is 6.39. The summed E-state index contributed by atoms with van der Waals surface area (Å²) in [6.07, 6.45) is 2.17. The van der Waals surface area contributed by atoms with Gasteiger partial charge >= 0.3 is 0 Å². The van der Waals surface area contributed by atoms with Crippen molar-refractivity contribution in [1.82, 2.24) is 9.62 Å². The normalized spacial score (nSPS) is 20.6. The summed E-state index contributed by atoms with van der Waals surface area (Å²) < 4.78 is 26.5. The molecule has 1 amide bonds. The van der Waals surface area contributed by atoms with Crippen LogP contribution in [0, 0.1) is 0 Å². The largest absolute Gasteiger partial charge is 0.355 e. The van der Waals surface area contributed by atoms with E-state index in [-0.39, 0.29) is 5.91 Å². The smallest absolute Gasteiger partial charge is 0.253 e. The Balaban J connectivity index is 2.17. The fourth-order valence-corrected chi connectivity index (χ4v) is 4.96. The van der Waals surface area contributed by atoms with Gasteiger partial charge in [-0.1, -0.05) is 13.0 Å². The third kappa shape index (κ3) is 2.98. The van der Waals surface area contributed by atoms with Crippen LogP contribution in [0.1, 0.15) is 26.2 Å². The number of amides is 1. The van der Waals surface area contributed by atoms with E-state index in [2.05, 4.69) is 5.32 Å². The minimum absolute atomic E-state index is 0.181. The Morgan fingerprint density at radius 3 is 3.00 bits per heavy atom. The molecule has 106 valence electrons. The van der Waals surface area contributed by atoms with Gasteiger partial charge in [-0.05, 0) is 30.7 Å². The van der Waals surface area contributed by atoms with E-state index in [9.17, 15) is 13.2 Å². The average molecular weight is 302 g/mol. The molecule has 0 aliphatic carbocycles. The Morgan fingerprint density at radius 1 is 1.58 bits per heavy atom. The Hall–Kier alpha value is -0.920. The number of rotatable bonds is 5. The highest BCUT2D eigenvalue weighted by molar-refractivity contribution is 7.91. The van der Waals surface area contributed by atoms with Crippen LogP contribution >= 0.6 is 11.3 Å². The van der Waals surface area contributed by atoms with Gasteiger partial charge in [0, 0.05) is 13.1 Å². The highest BCUT2D eigenvalue weighted by atomic mass is 32.2. The summed E-state index contributed by atoms with van der Waals surface area (Å²) in [6, 6.07) is 2.73. The second-order valence-electron chi connectivity index (χ2n) is 4.50. The molecule has 1 atom stereocenters. The van der Waals surface area contributed by atoms with Gasteiger partial charge in [0.25, 0.3) is 10.0 Å². The zero-order chi connectivity index (χ0) is 13.9. The van der Waals surface area contributed by atoms with Crippen molar-refractivity contribution in [3.8, 4) is 0 Å². The molecule has 0 spiro atoms. The van der Waals surface area contributed by atoms with Gasteiger partial charge in [0.05, 0.1) is 0 Å². The fraction of sp³-hybridized carbons (Fsp3) is 0.583. The van der Waals surface area contributed by atoms with Gasteiger partial charge in [0.15, 0.2) is 0 Å². The summed E-state index contributed by atoms with van der Waals surface area (Å²) in [5.74, 6) is -0.181. The van der Waals surface area contributed by atoms with E-state index in [4.69, 9.17) is 0 Å². The van der Waals surface area contributed by atoms with E-state index < -0.39 is 16.1 Å². The Labute approximate surface area is 117 Å². The van der Waals surface area contributed by atoms with Crippen LogP contribution in [0.2, 0.25) is 0 Å². The Morgan fingerprint density at radius 2 is 2.37 bits per heavy atom. The molecule has 2 rings (SSSR count). The standard InChI is InChI=1S/C12H18N2O3S2/c1-2-7-13-12(15)10-5-3-8-14(10)19(16,17)11-6-4-9-18-11/h4,6,9-10H,2-3,5,7-8H2,1H3,(H,13,15). The lowest BCUT2D eigenvalue weighted by atomic mass is 10.2. The van der Waals surface area contributed by atoms with Gasteiger partial charge in [-0.3, -0.25) is 4.79 Å². The van der Waals surface area contributed by atoms with Crippen LogP contribution in [0.4, 0.5) is 0 Å². The first-order valence-electron chi connectivity index (χ1n) is 6.40. The molecule has 1 aliphatic rings. The van der Waals surface area contributed by atoms with Crippen LogP contribution in [0.25, 0.3) is 0 Å². The molecule has 2 heterocycles. The van der Waals surface area contributed by atoms with Crippen LogP contribution in [0.5, 0.6) is 0 Å². The molecule has 1 aromatic rings. The minimum Gasteiger partial charge on any atom is -0.355 e. The predicted octanol–water partition coefficient (Wildman–Crippen LogP) is 1.43. The predicted molar refractivity (Wildman–Crippen MR) is 74.5 cm³/mol. The molecular formula is C12H18N2O3S2. The molecule has 0 bridgehead atoms. The maximum atomic E-state index is 12.4. The summed E-state index contributed by atoms with van der Waals surface area (Å²) in [5, 5.41) is 4.51. The van der Waals surface area contributed by atoms with Crippen molar-refractivity contribution in [3.05, 3.63) is 17.5 Å². The molecule has 5 nitrogen and oxygen atoms in total. The van der Waals surface area contributed by atoms with E-state index in [1.54, 1.807) is 17.5 Å². The average Bonchev–Trinajstić information content (AvgIpc) is 3.05. The summed E-state index contributed by atoms with van der Waals surface area (Å²) in [6.45, 7) is 2.97. The molecule has 0 saturated carbocycles. The summed E-state index contributed by atoms with van der Waals surface area (Å²) in [7, 11) is -3.52. The molecule has 1 saturated heterocycles. The lowest BCUT2D eigenvalue weighted by molar-refractivity contribution is -0.124. The van der Waals surface area contributed by atoms with E-state index in [1.165, 1.54) is 15.6 Å². The summed E-state index contributed by atoms with van der Waals surface area (Å²) in [5.41, 5.74) is 0. The lowest BCUT2D eigenvalue weighted by Gasteiger charge is -2.22. The fourth-order valence-electron chi connectivity index (χ4n) is 2.18. The van der Waals surface area contributed by atoms with E-state index in [0.717, 1.165) is 12.8 Å². The Bertz CT molecular complexity index is 525. The molecule has 0 radical (unpaired) electrons. The second kappa shape index (κ2) is 6.02. The SMILES string of the molecule is CCCNC(=O)C1CCCN1S(=O)(=O)c1cccs1. The number of nitrogens with one attached hydrogen (secondary N) is 1. The first-order chi connectivity index (χ1) is 9.07. The van der Waals surface area contributed by atoms with Crippen LogP contribution in [0.3, 0.4) is 0 Å². The van der Waals surface area contributed by atoms with Crippen molar-refractivity contribution in [2.24, 2.45) is 0 Å². The molecule has 7 heteroatoms. The molecule has 1 aliphatic heterocycles. The number of hydrogen-bond acceptors (Lipinski definition) is 4. The van der Waals surface area contributed by atoms with E-state index in [1.807, 2.05) is 6.92 Å². The van der Waals surface area contributed by atoms with Crippen LogP contribution < -0.4 is 5.32 Å². The van der Waals surface area contributed by atoms with Crippen molar-refractivity contribution in [3.63, 3.8) is 0 Å². The van der Waals surface area contributed by atoms with Gasteiger partial charge in [0.2, 0.25) is 5.91 Å². The van der Waals surface area contributed by atoms with E-state index in [0.29, 0.717) is 23.7 Å². The molecule has 1 N–H and O–H groups in total. The second-order valence-corrected chi connectivity index (χ2v) is 7.56. The zero-order valence-electron chi connectivity index (χ0n) is 10.8. The first-order valence-corrected chi connectivity index (χ1v) is 8.72. The van der Waals surface area contributed by atoms with Crippen molar-refractivity contribution in [2.45, 2.75) is 36.4 Å².